The number of sulfone groups is 1. The van der Waals surface area contributed by atoms with E-state index in [0.717, 1.165) is 12.7 Å². The highest BCUT2D eigenvalue weighted by molar-refractivity contribution is 7.90. The van der Waals surface area contributed by atoms with Crippen molar-refractivity contribution in [3.05, 3.63) is 28.8 Å². The van der Waals surface area contributed by atoms with Gasteiger partial charge in [-0.15, -0.1) is 0 Å². The summed E-state index contributed by atoms with van der Waals surface area (Å²) in [5.41, 5.74) is -0.487. The van der Waals surface area contributed by atoms with Crippen molar-refractivity contribution in [1.29, 1.82) is 0 Å². The molecule has 2 rings (SSSR count). The third-order valence-corrected chi connectivity index (χ3v) is 4.78. The first-order chi connectivity index (χ1) is 8.25. The van der Waals surface area contributed by atoms with Crippen molar-refractivity contribution in [2.45, 2.75) is 29.6 Å². The molecule has 98 valence electrons. The van der Waals surface area contributed by atoms with Gasteiger partial charge in [-0.1, -0.05) is 18.0 Å². The van der Waals surface area contributed by atoms with Crippen LogP contribution in [0.15, 0.2) is 23.1 Å². The molecular formula is C12H13ClO4S. The van der Waals surface area contributed by atoms with Crippen molar-refractivity contribution < 1.29 is 18.3 Å². The lowest BCUT2D eigenvalue weighted by Gasteiger charge is -2.38. The van der Waals surface area contributed by atoms with Crippen LogP contribution in [0.4, 0.5) is 0 Å². The van der Waals surface area contributed by atoms with Gasteiger partial charge in [0.15, 0.2) is 9.84 Å². The van der Waals surface area contributed by atoms with Gasteiger partial charge in [-0.3, -0.25) is 4.79 Å². The van der Waals surface area contributed by atoms with Gasteiger partial charge in [-0.25, -0.2) is 8.42 Å². The van der Waals surface area contributed by atoms with Crippen molar-refractivity contribution in [3.63, 3.8) is 0 Å². The lowest BCUT2D eigenvalue weighted by atomic mass is 9.64. The standard InChI is InChI=1S/C12H13ClO4S/c1-18(16,17)10-6-8(5-9(13)7-10)12(11(14)15)3-2-4-12/h5-7H,2-4H2,1H3,(H,14,15). The van der Waals surface area contributed by atoms with E-state index in [2.05, 4.69) is 0 Å². The fraction of sp³-hybridized carbons (Fsp3) is 0.417. The molecule has 1 aliphatic rings. The molecule has 0 atom stereocenters. The molecule has 4 nitrogen and oxygen atoms in total. The lowest BCUT2D eigenvalue weighted by molar-refractivity contribution is -0.147. The maximum atomic E-state index is 11.5. The van der Waals surface area contributed by atoms with Gasteiger partial charge in [-0.05, 0) is 36.6 Å². The molecule has 0 bridgehead atoms. The van der Waals surface area contributed by atoms with Crippen LogP contribution in [0.2, 0.25) is 5.02 Å². The summed E-state index contributed by atoms with van der Waals surface area (Å²) in [4.78, 5) is 11.5. The first kappa shape index (κ1) is 13.4. The van der Waals surface area contributed by atoms with E-state index in [9.17, 15) is 18.3 Å². The Kier molecular flexibility index (Phi) is 3.15. The number of rotatable bonds is 3. The van der Waals surface area contributed by atoms with Crippen molar-refractivity contribution in [2.75, 3.05) is 6.26 Å². The van der Waals surface area contributed by atoms with Gasteiger partial charge in [0.25, 0.3) is 0 Å². The number of hydrogen-bond donors (Lipinski definition) is 1. The van der Waals surface area contributed by atoms with Gasteiger partial charge in [0.2, 0.25) is 0 Å². The van der Waals surface area contributed by atoms with Gasteiger partial charge in [0.05, 0.1) is 10.3 Å². The van der Waals surface area contributed by atoms with E-state index in [0.29, 0.717) is 18.4 Å². The molecule has 1 saturated carbocycles. The Hall–Kier alpha value is -1.07. The van der Waals surface area contributed by atoms with Crippen molar-refractivity contribution in [1.82, 2.24) is 0 Å². The molecule has 0 aliphatic heterocycles. The Morgan fingerprint density at radius 1 is 1.33 bits per heavy atom. The molecule has 0 unspecified atom stereocenters. The fourth-order valence-corrected chi connectivity index (χ4v) is 3.19. The van der Waals surface area contributed by atoms with Crippen LogP contribution in [0.25, 0.3) is 0 Å². The monoisotopic (exact) mass is 288 g/mol. The van der Waals surface area contributed by atoms with E-state index in [4.69, 9.17) is 11.6 Å². The molecule has 1 aliphatic carbocycles. The molecule has 6 heteroatoms. The van der Waals surface area contributed by atoms with E-state index >= 15 is 0 Å². The molecule has 0 saturated heterocycles. The van der Waals surface area contributed by atoms with Crippen LogP contribution in [0.3, 0.4) is 0 Å². The zero-order valence-corrected chi connectivity index (χ0v) is 11.4. The van der Waals surface area contributed by atoms with E-state index < -0.39 is 21.2 Å². The summed E-state index contributed by atoms with van der Waals surface area (Å²) in [5, 5.41) is 9.58. The molecule has 0 aromatic heterocycles. The summed E-state index contributed by atoms with van der Waals surface area (Å²) in [7, 11) is -3.40. The molecular weight excluding hydrogens is 276 g/mol. The molecule has 1 fully saturated rings. The average molecular weight is 289 g/mol. The summed E-state index contributed by atoms with van der Waals surface area (Å²) >= 11 is 5.89. The topological polar surface area (TPSA) is 71.4 Å². The van der Waals surface area contributed by atoms with Crippen LogP contribution in [0.5, 0.6) is 0 Å². The second-order valence-electron chi connectivity index (χ2n) is 4.69. The Bertz CT molecular complexity index is 603. The molecule has 1 aromatic carbocycles. The number of carboxylic acid groups (broad SMARTS) is 1. The second kappa shape index (κ2) is 4.24. The number of aliphatic carboxylic acids is 1. The minimum atomic E-state index is -3.40. The number of halogens is 1. The van der Waals surface area contributed by atoms with Gasteiger partial charge in [0.1, 0.15) is 0 Å². The molecule has 1 N–H and O–H groups in total. The fourth-order valence-electron chi connectivity index (χ4n) is 2.21. The first-order valence-electron chi connectivity index (χ1n) is 5.50. The van der Waals surface area contributed by atoms with Crippen molar-refractivity contribution >= 4 is 27.4 Å². The van der Waals surface area contributed by atoms with Gasteiger partial charge in [-0.2, -0.15) is 0 Å². The van der Waals surface area contributed by atoms with E-state index in [1.54, 1.807) is 6.07 Å². The number of carboxylic acids is 1. The average Bonchev–Trinajstić information content (AvgIpc) is 2.12. The van der Waals surface area contributed by atoms with Crippen LogP contribution < -0.4 is 0 Å². The highest BCUT2D eigenvalue weighted by Crippen LogP contribution is 2.45. The maximum absolute atomic E-state index is 11.5. The molecule has 1 aromatic rings. The largest absolute Gasteiger partial charge is 0.481 e. The molecule has 0 radical (unpaired) electrons. The Balaban J connectivity index is 2.59. The van der Waals surface area contributed by atoms with Crippen LogP contribution in [-0.2, 0) is 20.0 Å². The van der Waals surface area contributed by atoms with Crippen molar-refractivity contribution in [2.24, 2.45) is 0 Å². The van der Waals surface area contributed by atoms with Gasteiger partial charge in [0, 0.05) is 11.3 Å². The maximum Gasteiger partial charge on any atom is 0.314 e. The van der Waals surface area contributed by atoms with Crippen molar-refractivity contribution in [3.8, 4) is 0 Å². The third kappa shape index (κ3) is 2.12. The predicted octanol–water partition coefficient (Wildman–Crippen LogP) is 2.25. The van der Waals surface area contributed by atoms with Crippen LogP contribution in [0, 0.1) is 0 Å². The minimum absolute atomic E-state index is 0.0672. The van der Waals surface area contributed by atoms with Crippen LogP contribution in [0.1, 0.15) is 24.8 Å². The second-order valence-corrected chi connectivity index (χ2v) is 7.14. The zero-order valence-electron chi connectivity index (χ0n) is 9.81. The smallest absolute Gasteiger partial charge is 0.314 e. The highest BCUT2D eigenvalue weighted by Gasteiger charge is 2.46. The number of hydrogen-bond acceptors (Lipinski definition) is 3. The van der Waals surface area contributed by atoms with Gasteiger partial charge >= 0.3 is 5.97 Å². The minimum Gasteiger partial charge on any atom is -0.481 e. The summed E-state index contributed by atoms with van der Waals surface area (Å²) in [5.74, 6) is -0.921. The summed E-state index contributed by atoms with van der Waals surface area (Å²) in [6.07, 6.45) is 2.95. The lowest BCUT2D eigenvalue weighted by Crippen LogP contribution is -2.42. The Morgan fingerprint density at radius 2 is 1.94 bits per heavy atom. The first-order valence-corrected chi connectivity index (χ1v) is 7.77. The number of carbonyl (C=O) groups is 1. The SMILES string of the molecule is CS(=O)(=O)c1cc(Cl)cc(C2(C(=O)O)CCC2)c1. The summed E-state index contributed by atoms with van der Waals surface area (Å²) < 4.78 is 23.1. The molecule has 18 heavy (non-hydrogen) atoms. The third-order valence-electron chi connectivity index (χ3n) is 3.47. The summed E-state index contributed by atoms with van der Waals surface area (Å²) in [6, 6.07) is 4.31. The predicted molar refractivity (Wildman–Crippen MR) is 67.7 cm³/mol. The quantitative estimate of drug-likeness (QED) is 0.926. The van der Waals surface area contributed by atoms with E-state index in [1.165, 1.54) is 12.1 Å². The van der Waals surface area contributed by atoms with Crippen LogP contribution >= 0.6 is 11.6 Å². The normalized spacial score (nSPS) is 18.1. The van der Waals surface area contributed by atoms with E-state index in [1.807, 2.05) is 0 Å². The van der Waals surface area contributed by atoms with Crippen LogP contribution in [-0.4, -0.2) is 25.7 Å². The van der Waals surface area contributed by atoms with Gasteiger partial charge < -0.3 is 5.11 Å². The number of benzene rings is 1. The van der Waals surface area contributed by atoms with E-state index in [-0.39, 0.29) is 9.92 Å². The Labute approximate surface area is 110 Å². The molecule has 0 amide bonds. The molecule has 0 heterocycles. The summed E-state index contributed by atoms with van der Waals surface area (Å²) in [6.45, 7) is 0. The molecule has 0 spiro atoms. The Morgan fingerprint density at radius 3 is 2.33 bits per heavy atom. The zero-order chi connectivity index (χ0) is 13.6. The highest BCUT2D eigenvalue weighted by atomic mass is 35.5.